The van der Waals surface area contributed by atoms with Crippen LogP contribution in [0.1, 0.15) is 5.56 Å². The highest BCUT2D eigenvalue weighted by molar-refractivity contribution is 5.34. The Morgan fingerprint density at radius 2 is 2.15 bits per heavy atom. The van der Waals surface area contributed by atoms with Gasteiger partial charge in [-0.3, -0.25) is 4.79 Å². The van der Waals surface area contributed by atoms with E-state index < -0.39 is 17.3 Å². The van der Waals surface area contributed by atoms with Crippen molar-refractivity contribution < 1.29 is 13.2 Å². The van der Waals surface area contributed by atoms with Gasteiger partial charge in [0.05, 0.1) is 0 Å². The molecule has 0 fully saturated rings. The second kappa shape index (κ2) is 3.05. The first-order valence-corrected chi connectivity index (χ1v) is 3.08. The molecule has 0 aliphatic rings. The molecule has 0 aliphatic carbocycles. The minimum absolute atomic E-state index is 0.257. The summed E-state index contributed by atoms with van der Waals surface area (Å²) in [5, 5.41) is 4.86. The van der Waals surface area contributed by atoms with Crippen LogP contribution in [0.2, 0.25) is 0 Å². The average molecular weight is 194 g/mol. The van der Waals surface area contributed by atoms with Gasteiger partial charge in [0.15, 0.2) is 5.82 Å². The van der Waals surface area contributed by atoms with E-state index in [0.29, 0.717) is 6.07 Å². The molecule has 13 heavy (non-hydrogen) atoms. The molecular formula is C5H5F3N4O. The molecule has 4 N–H and O–H groups in total. The first-order valence-electron chi connectivity index (χ1n) is 3.08. The smallest absolute Gasteiger partial charge is 0.307 e. The van der Waals surface area contributed by atoms with E-state index in [4.69, 9.17) is 5.84 Å². The van der Waals surface area contributed by atoms with Crippen molar-refractivity contribution in [3.8, 4) is 0 Å². The van der Waals surface area contributed by atoms with Crippen molar-refractivity contribution in [1.29, 1.82) is 0 Å². The fourth-order valence-corrected chi connectivity index (χ4v) is 0.690. The number of anilines is 1. The molecule has 0 bridgehead atoms. The van der Waals surface area contributed by atoms with Crippen LogP contribution in [0.5, 0.6) is 0 Å². The van der Waals surface area contributed by atoms with Gasteiger partial charge in [0.1, 0.15) is 5.56 Å². The lowest BCUT2D eigenvalue weighted by molar-refractivity contribution is -0.138. The van der Waals surface area contributed by atoms with E-state index in [0.717, 1.165) is 0 Å². The first kappa shape index (κ1) is 9.52. The summed E-state index contributed by atoms with van der Waals surface area (Å²) in [6.45, 7) is 0. The summed E-state index contributed by atoms with van der Waals surface area (Å²) < 4.78 is 36.1. The van der Waals surface area contributed by atoms with Crippen LogP contribution in [-0.4, -0.2) is 10.2 Å². The number of hydrogen-bond donors (Lipinski definition) is 3. The Morgan fingerprint density at radius 1 is 1.54 bits per heavy atom. The first-order chi connectivity index (χ1) is 5.95. The molecule has 0 aliphatic heterocycles. The Hall–Kier alpha value is -1.57. The largest absolute Gasteiger partial charge is 0.421 e. The zero-order valence-corrected chi connectivity index (χ0v) is 6.14. The van der Waals surface area contributed by atoms with E-state index in [1.807, 2.05) is 5.43 Å². The van der Waals surface area contributed by atoms with Crippen molar-refractivity contribution in [1.82, 2.24) is 10.2 Å². The molecule has 0 unspecified atom stereocenters. The molecule has 1 rings (SSSR count). The molecule has 0 saturated heterocycles. The highest BCUT2D eigenvalue weighted by Crippen LogP contribution is 2.26. The zero-order chi connectivity index (χ0) is 10.1. The number of hydrogen-bond acceptors (Lipinski definition) is 4. The summed E-state index contributed by atoms with van der Waals surface area (Å²) in [5.41, 5.74) is -0.752. The van der Waals surface area contributed by atoms with Crippen LogP contribution in [0, 0.1) is 0 Å². The Labute approximate surface area is 69.7 Å². The molecule has 1 aromatic heterocycles. The molecular weight excluding hydrogens is 189 g/mol. The molecule has 72 valence electrons. The SMILES string of the molecule is NNc1cc(C(F)(F)F)c(=O)[nH]n1. The Bertz CT molecular complexity index is 358. The van der Waals surface area contributed by atoms with Crippen LogP contribution in [-0.2, 0) is 6.18 Å². The molecule has 8 heteroatoms. The Balaban J connectivity index is 3.28. The maximum absolute atomic E-state index is 12.0. The topological polar surface area (TPSA) is 83.8 Å². The van der Waals surface area contributed by atoms with Crippen molar-refractivity contribution in [2.45, 2.75) is 6.18 Å². The highest BCUT2D eigenvalue weighted by Gasteiger charge is 2.34. The minimum Gasteiger partial charge on any atom is -0.307 e. The van der Waals surface area contributed by atoms with Gasteiger partial charge >= 0.3 is 6.18 Å². The van der Waals surface area contributed by atoms with Crippen LogP contribution in [0.25, 0.3) is 0 Å². The van der Waals surface area contributed by atoms with Crippen molar-refractivity contribution in [2.75, 3.05) is 5.43 Å². The quantitative estimate of drug-likeness (QED) is 0.436. The van der Waals surface area contributed by atoms with E-state index in [-0.39, 0.29) is 5.82 Å². The molecule has 1 aromatic rings. The lowest BCUT2D eigenvalue weighted by Gasteiger charge is -2.05. The monoisotopic (exact) mass is 194 g/mol. The van der Waals surface area contributed by atoms with Crippen LogP contribution >= 0.6 is 0 Å². The maximum Gasteiger partial charge on any atom is 0.421 e. The fraction of sp³-hybridized carbons (Fsp3) is 0.200. The van der Waals surface area contributed by atoms with Crippen molar-refractivity contribution in [3.63, 3.8) is 0 Å². The lowest BCUT2D eigenvalue weighted by atomic mass is 10.3. The Morgan fingerprint density at radius 3 is 2.62 bits per heavy atom. The third-order valence-electron chi connectivity index (χ3n) is 1.26. The van der Waals surface area contributed by atoms with E-state index >= 15 is 0 Å². The van der Waals surface area contributed by atoms with Gasteiger partial charge in [-0.05, 0) is 0 Å². The number of rotatable bonds is 1. The average Bonchev–Trinajstić information content (AvgIpc) is 2.03. The van der Waals surface area contributed by atoms with Gasteiger partial charge in [-0.15, -0.1) is 0 Å². The molecule has 0 spiro atoms. The van der Waals surface area contributed by atoms with Gasteiger partial charge in [-0.2, -0.15) is 18.3 Å². The van der Waals surface area contributed by atoms with E-state index in [9.17, 15) is 18.0 Å². The van der Waals surface area contributed by atoms with Gasteiger partial charge < -0.3 is 5.43 Å². The molecule has 0 amide bonds. The maximum atomic E-state index is 12.0. The van der Waals surface area contributed by atoms with E-state index in [2.05, 4.69) is 5.10 Å². The van der Waals surface area contributed by atoms with Gasteiger partial charge in [0, 0.05) is 6.07 Å². The van der Waals surface area contributed by atoms with Crippen molar-refractivity contribution in [2.24, 2.45) is 5.84 Å². The van der Waals surface area contributed by atoms with E-state index in [1.165, 1.54) is 0 Å². The number of aromatic amines is 1. The molecule has 0 aromatic carbocycles. The predicted molar refractivity (Wildman–Crippen MR) is 37.7 cm³/mol. The number of aromatic nitrogens is 2. The number of H-pyrrole nitrogens is 1. The van der Waals surface area contributed by atoms with Crippen LogP contribution in [0.15, 0.2) is 10.9 Å². The minimum atomic E-state index is -4.71. The predicted octanol–water partition coefficient (Wildman–Crippen LogP) is 0.0743. The summed E-state index contributed by atoms with van der Waals surface area (Å²) in [5.74, 6) is 4.55. The second-order valence-electron chi connectivity index (χ2n) is 2.14. The van der Waals surface area contributed by atoms with Crippen molar-refractivity contribution in [3.05, 3.63) is 22.0 Å². The fourth-order valence-electron chi connectivity index (χ4n) is 0.690. The molecule has 0 saturated carbocycles. The summed E-state index contributed by atoms with van der Waals surface area (Å²) in [6, 6.07) is 0.527. The van der Waals surface area contributed by atoms with Gasteiger partial charge in [0.2, 0.25) is 0 Å². The number of alkyl halides is 3. The number of hydrazine groups is 1. The number of nitrogens with two attached hydrogens (primary N) is 1. The van der Waals surface area contributed by atoms with Crippen LogP contribution in [0.3, 0.4) is 0 Å². The second-order valence-corrected chi connectivity index (χ2v) is 2.14. The zero-order valence-electron chi connectivity index (χ0n) is 6.14. The summed E-state index contributed by atoms with van der Waals surface area (Å²) in [6.07, 6.45) is -4.71. The van der Waals surface area contributed by atoms with Crippen molar-refractivity contribution >= 4 is 5.82 Å². The van der Waals surface area contributed by atoms with Crippen LogP contribution < -0.4 is 16.8 Å². The van der Waals surface area contributed by atoms with Crippen LogP contribution in [0.4, 0.5) is 19.0 Å². The normalized spacial score (nSPS) is 11.4. The third kappa shape index (κ3) is 1.96. The number of nitrogens with one attached hydrogen (secondary N) is 2. The Kier molecular flexibility index (Phi) is 2.24. The third-order valence-corrected chi connectivity index (χ3v) is 1.26. The number of halogens is 3. The van der Waals surface area contributed by atoms with E-state index in [1.54, 1.807) is 5.10 Å². The lowest BCUT2D eigenvalue weighted by Crippen LogP contribution is -2.24. The standard InChI is InChI=1S/C5H5F3N4O/c6-5(7,8)2-1-3(10-9)11-12-4(2)13/h1H,9H2,(H,10,11)(H,12,13). The summed E-state index contributed by atoms with van der Waals surface area (Å²) in [7, 11) is 0. The summed E-state index contributed by atoms with van der Waals surface area (Å²) >= 11 is 0. The number of nitrogen functional groups attached to an aromatic ring is 1. The molecule has 1 heterocycles. The number of nitrogens with zero attached hydrogens (tertiary/aromatic N) is 1. The van der Waals surface area contributed by atoms with Gasteiger partial charge in [0.25, 0.3) is 5.56 Å². The molecule has 0 atom stereocenters. The van der Waals surface area contributed by atoms with Gasteiger partial charge in [-0.25, -0.2) is 10.9 Å². The molecule has 5 nitrogen and oxygen atoms in total. The highest BCUT2D eigenvalue weighted by atomic mass is 19.4. The summed E-state index contributed by atoms with van der Waals surface area (Å²) in [4.78, 5) is 10.6. The van der Waals surface area contributed by atoms with Gasteiger partial charge in [-0.1, -0.05) is 0 Å². The molecule has 0 radical (unpaired) electrons.